The van der Waals surface area contributed by atoms with E-state index in [-0.39, 0.29) is 17.9 Å². The van der Waals surface area contributed by atoms with Crippen molar-refractivity contribution in [3.05, 3.63) is 0 Å². The summed E-state index contributed by atoms with van der Waals surface area (Å²) in [5, 5.41) is 9.51. The molecule has 2 saturated heterocycles. The van der Waals surface area contributed by atoms with Gasteiger partial charge < -0.3 is 19.5 Å². The smallest absolute Gasteiger partial charge is 0.311 e. The highest BCUT2D eigenvalue weighted by molar-refractivity contribution is 5.81. The van der Waals surface area contributed by atoms with Gasteiger partial charge >= 0.3 is 5.97 Å². The van der Waals surface area contributed by atoms with Gasteiger partial charge in [-0.2, -0.15) is 0 Å². The largest absolute Gasteiger partial charge is 0.481 e. The number of likely N-dealkylation sites (tertiary alicyclic amines) is 1. The Morgan fingerprint density at radius 3 is 2.59 bits per heavy atom. The predicted molar refractivity (Wildman–Crippen MR) is 80.5 cm³/mol. The van der Waals surface area contributed by atoms with Gasteiger partial charge in [-0.3, -0.25) is 9.59 Å². The first kappa shape index (κ1) is 17.2. The molecule has 1 unspecified atom stereocenters. The second-order valence-electron chi connectivity index (χ2n) is 6.61. The van der Waals surface area contributed by atoms with Crippen molar-refractivity contribution in [1.82, 2.24) is 4.90 Å². The normalized spacial score (nSPS) is 26.6. The summed E-state index contributed by atoms with van der Waals surface area (Å²) >= 11 is 0. The number of carbonyl (C=O) groups excluding carboxylic acids is 1. The summed E-state index contributed by atoms with van der Waals surface area (Å²) in [5.74, 6) is -0.784. The van der Waals surface area contributed by atoms with Gasteiger partial charge in [0, 0.05) is 26.3 Å². The Kier molecular flexibility index (Phi) is 5.81. The SMILES string of the molecule is CC(C)C1(C(=O)O)CCN(C(=O)CCOC2CCOCC2)C1. The molecule has 0 spiro atoms. The number of hydrogen-bond acceptors (Lipinski definition) is 4. The van der Waals surface area contributed by atoms with E-state index in [1.807, 2.05) is 13.8 Å². The summed E-state index contributed by atoms with van der Waals surface area (Å²) in [6, 6.07) is 0. The van der Waals surface area contributed by atoms with Crippen LogP contribution in [0.1, 0.15) is 39.5 Å². The molecule has 0 bridgehead atoms. The first-order valence-corrected chi connectivity index (χ1v) is 8.16. The Hall–Kier alpha value is -1.14. The summed E-state index contributed by atoms with van der Waals surface area (Å²) < 4.78 is 11.0. The molecule has 6 nitrogen and oxygen atoms in total. The topological polar surface area (TPSA) is 76.1 Å². The number of carboxylic acid groups (broad SMARTS) is 1. The highest BCUT2D eigenvalue weighted by Gasteiger charge is 2.48. The van der Waals surface area contributed by atoms with E-state index in [1.54, 1.807) is 4.90 Å². The van der Waals surface area contributed by atoms with Crippen LogP contribution in [-0.2, 0) is 19.1 Å². The highest BCUT2D eigenvalue weighted by atomic mass is 16.5. The molecule has 1 amide bonds. The number of ether oxygens (including phenoxy) is 2. The van der Waals surface area contributed by atoms with E-state index in [1.165, 1.54) is 0 Å². The first-order chi connectivity index (χ1) is 10.5. The average Bonchev–Trinajstić information content (AvgIpc) is 2.95. The fourth-order valence-electron chi connectivity index (χ4n) is 3.25. The third-order valence-corrected chi connectivity index (χ3v) is 5.02. The van der Waals surface area contributed by atoms with E-state index in [2.05, 4.69) is 0 Å². The second kappa shape index (κ2) is 7.42. The van der Waals surface area contributed by atoms with Crippen molar-refractivity contribution in [2.45, 2.75) is 45.6 Å². The molecule has 0 radical (unpaired) electrons. The Morgan fingerprint density at radius 1 is 1.36 bits per heavy atom. The number of aliphatic carboxylic acids is 1. The molecule has 2 rings (SSSR count). The molecule has 2 aliphatic rings. The molecular weight excluding hydrogens is 286 g/mol. The van der Waals surface area contributed by atoms with Gasteiger partial charge in [0.05, 0.1) is 24.5 Å². The molecular formula is C16H27NO5. The van der Waals surface area contributed by atoms with Crippen molar-refractivity contribution in [3.63, 3.8) is 0 Å². The molecule has 126 valence electrons. The number of rotatable bonds is 6. The van der Waals surface area contributed by atoms with Crippen molar-refractivity contribution in [3.8, 4) is 0 Å². The summed E-state index contributed by atoms with van der Waals surface area (Å²) in [7, 11) is 0. The zero-order valence-corrected chi connectivity index (χ0v) is 13.5. The van der Waals surface area contributed by atoms with Crippen molar-refractivity contribution in [2.75, 3.05) is 32.9 Å². The predicted octanol–water partition coefficient (Wildman–Crippen LogP) is 1.53. The highest BCUT2D eigenvalue weighted by Crippen LogP contribution is 2.38. The van der Waals surface area contributed by atoms with Gasteiger partial charge in [-0.1, -0.05) is 13.8 Å². The van der Waals surface area contributed by atoms with E-state index < -0.39 is 11.4 Å². The second-order valence-corrected chi connectivity index (χ2v) is 6.61. The van der Waals surface area contributed by atoms with Crippen molar-refractivity contribution in [1.29, 1.82) is 0 Å². The van der Waals surface area contributed by atoms with Crippen LogP contribution in [0.2, 0.25) is 0 Å². The standard InChI is InChI=1S/C16H27NO5/c1-12(2)16(15(19)20)6-7-17(11-16)14(18)5-10-22-13-3-8-21-9-4-13/h12-13H,3-11H2,1-2H3,(H,19,20). The number of carboxylic acids is 1. The molecule has 1 N–H and O–H groups in total. The molecule has 0 saturated carbocycles. The fraction of sp³-hybridized carbons (Fsp3) is 0.875. The van der Waals surface area contributed by atoms with E-state index in [9.17, 15) is 14.7 Å². The van der Waals surface area contributed by atoms with Crippen molar-refractivity contribution >= 4 is 11.9 Å². The molecule has 22 heavy (non-hydrogen) atoms. The van der Waals surface area contributed by atoms with Gasteiger partial charge in [-0.15, -0.1) is 0 Å². The summed E-state index contributed by atoms with van der Waals surface area (Å²) in [5.41, 5.74) is -0.794. The van der Waals surface area contributed by atoms with Crippen LogP contribution in [0.3, 0.4) is 0 Å². The van der Waals surface area contributed by atoms with Crippen LogP contribution in [0.4, 0.5) is 0 Å². The average molecular weight is 313 g/mol. The number of amides is 1. The van der Waals surface area contributed by atoms with Crippen LogP contribution in [0.25, 0.3) is 0 Å². The van der Waals surface area contributed by atoms with Crippen LogP contribution < -0.4 is 0 Å². The molecule has 0 aliphatic carbocycles. The van der Waals surface area contributed by atoms with Crippen LogP contribution in [-0.4, -0.2) is 60.9 Å². The van der Waals surface area contributed by atoms with E-state index in [0.717, 1.165) is 26.1 Å². The van der Waals surface area contributed by atoms with E-state index >= 15 is 0 Å². The monoisotopic (exact) mass is 313 g/mol. The van der Waals surface area contributed by atoms with Gasteiger partial charge in [0.1, 0.15) is 0 Å². The van der Waals surface area contributed by atoms with Gasteiger partial charge in [-0.25, -0.2) is 0 Å². The first-order valence-electron chi connectivity index (χ1n) is 8.16. The Balaban J connectivity index is 1.77. The van der Waals surface area contributed by atoms with Gasteiger partial charge in [0.25, 0.3) is 0 Å². The van der Waals surface area contributed by atoms with Crippen LogP contribution in [0.15, 0.2) is 0 Å². The molecule has 0 aromatic heterocycles. The maximum atomic E-state index is 12.2. The summed E-state index contributed by atoms with van der Waals surface area (Å²) in [6.45, 7) is 6.52. The molecule has 2 fully saturated rings. The summed E-state index contributed by atoms with van der Waals surface area (Å²) in [6.07, 6.45) is 2.81. The van der Waals surface area contributed by atoms with E-state index in [0.29, 0.717) is 32.5 Å². The fourth-order valence-corrected chi connectivity index (χ4v) is 3.25. The maximum Gasteiger partial charge on any atom is 0.311 e. The molecule has 2 heterocycles. The van der Waals surface area contributed by atoms with Gasteiger partial charge in [-0.05, 0) is 25.2 Å². The molecule has 6 heteroatoms. The van der Waals surface area contributed by atoms with Crippen LogP contribution in [0, 0.1) is 11.3 Å². The molecule has 1 atom stereocenters. The lowest BCUT2D eigenvalue weighted by atomic mass is 9.76. The zero-order chi connectivity index (χ0) is 16.2. The molecule has 0 aromatic carbocycles. The van der Waals surface area contributed by atoms with Crippen LogP contribution in [0.5, 0.6) is 0 Å². The lowest BCUT2D eigenvalue weighted by Gasteiger charge is -2.28. The van der Waals surface area contributed by atoms with Gasteiger partial charge in [0.15, 0.2) is 0 Å². The Morgan fingerprint density at radius 2 is 2.05 bits per heavy atom. The minimum atomic E-state index is -0.795. The van der Waals surface area contributed by atoms with Crippen molar-refractivity contribution in [2.24, 2.45) is 11.3 Å². The number of hydrogen-bond donors (Lipinski definition) is 1. The minimum absolute atomic E-state index is 0.00386. The molecule has 2 aliphatic heterocycles. The number of nitrogens with zero attached hydrogens (tertiary/aromatic N) is 1. The van der Waals surface area contributed by atoms with Crippen LogP contribution >= 0.6 is 0 Å². The zero-order valence-electron chi connectivity index (χ0n) is 13.5. The molecule has 0 aromatic rings. The Bertz CT molecular complexity index is 405. The minimum Gasteiger partial charge on any atom is -0.481 e. The van der Waals surface area contributed by atoms with Crippen molar-refractivity contribution < 1.29 is 24.2 Å². The third-order valence-electron chi connectivity index (χ3n) is 5.02. The quantitative estimate of drug-likeness (QED) is 0.805. The summed E-state index contributed by atoms with van der Waals surface area (Å²) in [4.78, 5) is 25.5. The number of carbonyl (C=O) groups is 2. The maximum absolute atomic E-state index is 12.2. The lowest BCUT2D eigenvalue weighted by molar-refractivity contribution is -0.151. The van der Waals surface area contributed by atoms with Gasteiger partial charge in [0.2, 0.25) is 5.91 Å². The third kappa shape index (κ3) is 3.79. The Labute approximate surface area is 131 Å². The lowest BCUT2D eigenvalue weighted by Crippen LogP contribution is -2.40. The van der Waals surface area contributed by atoms with E-state index in [4.69, 9.17) is 9.47 Å².